The molecule has 3 amide bonds. The number of carbonyl (C=O) groups is 3. The van der Waals surface area contributed by atoms with Crippen LogP contribution in [0.3, 0.4) is 0 Å². The fraction of sp³-hybridized carbons (Fsp3) is 0.565. The molecule has 3 aliphatic heterocycles. The van der Waals surface area contributed by atoms with Gasteiger partial charge in [0.25, 0.3) is 0 Å². The van der Waals surface area contributed by atoms with E-state index in [1.807, 2.05) is 22.8 Å². The number of likely N-dealkylation sites (tertiary alicyclic amines) is 3. The SMILES string of the molecule is C[C@H](c1cccc(C(N)=O)c1)N1C(=O)[C@@H]2C[C@H]1CN2C[C@H](N)C(=O)N1[C@H](C#N)C[C@@H]2C[C@@H]21. The summed E-state index contributed by atoms with van der Waals surface area (Å²) in [6.07, 6.45) is 2.42. The smallest absolute Gasteiger partial charge is 0.248 e. The second-order valence-electron chi connectivity index (χ2n) is 9.57. The molecule has 7 atom stereocenters. The summed E-state index contributed by atoms with van der Waals surface area (Å²) < 4.78 is 0. The van der Waals surface area contributed by atoms with Gasteiger partial charge in [-0.05, 0) is 49.8 Å². The average molecular weight is 437 g/mol. The highest BCUT2D eigenvalue weighted by Crippen LogP contribution is 2.48. The average Bonchev–Trinajstić information content (AvgIpc) is 3.11. The van der Waals surface area contributed by atoms with Gasteiger partial charge < -0.3 is 21.3 Å². The van der Waals surface area contributed by atoms with Gasteiger partial charge in [-0.15, -0.1) is 0 Å². The minimum atomic E-state index is -0.740. The maximum absolute atomic E-state index is 13.2. The highest BCUT2D eigenvalue weighted by molar-refractivity contribution is 5.93. The lowest BCUT2D eigenvalue weighted by Gasteiger charge is -2.38. The lowest BCUT2D eigenvalue weighted by Crippen LogP contribution is -2.57. The molecule has 1 aliphatic carbocycles. The Kier molecular flexibility index (Phi) is 4.95. The van der Waals surface area contributed by atoms with Gasteiger partial charge in [-0.1, -0.05) is 12.1 Å². The Morgan fingerprint density at radius 1 is 1.28 bits per heavy atom. The van der Waals surface area contributed by atoms with E-state index in [9.17, 15) is 19.6 Å². The minimum absolute atomic E-state index is 0.0243. The van der Waals surface area contributed by atoms with Crippen LogP contribution in [0.1, 0.15) is 48.1 Å². The predicted octanol–water partition coefficient (Wildman–Crippen LogP) is -0.0281. The number of carbonyl (C=O) groups excluding carboxylic acids is 3. The van der Waals surface area contributed by atoms with Crippen molar-refractivity contribution in [3.05, 3.63) is 35.4 Å². The van der Waals surface area contributed by atoms with Gasteiger partial charge in [-0.3, -0.25) is 19.3 Å². The number of rotatable bonds is 6. The number of nitrogens with two attached hydrogens (primary N) is 2. The van der Waals surface area contributed by atoms with E-state index in [2.05, 4.69) is 6.07 Å². The van der Waals surface area contributed by atoms with E-state index in [4.69, 9.17) is 11.5 Å². The molecule has 5 rings (SSSR count). The fourth-order valence-corrected chi connectivity index (χ4v) is 5.92. The van der Waals surface area contributed by atoms with Crippen LogP contribution in [0.15, 0.2) is 24.3 Å². The van der Waals surface area contributed by atoms with Crippen LogP contribution in [0.2, 0.25) is 0 Å². The van der Waals surface area contributed by atoms with Gasteiger partial charge in [0.05, 0.1) is 24.2 Å². The normalized spacial score (nSPS) is 32.5. The number of piperazine rings is 1. The Balaban J connectivity index is 1.24. The molecule has 9 nitrogen and oxygen atoms in total. The Morgan fingerprint density at radius 3 is 2.75 bits per heavy atom. The zero-order valence-electron chi connectivity index (χ0n) is 18.1. The molecular weight excluding hydrogens is 408 g/mol. The van der Waals surface area contributed by atoms with E-state index in [1.54, 1.807) is 23.1 Å². The summed E-state index contributed by atoms with van der Waals surface area (Å²) in [6, 6.07) is 7.93. The molecule has 2 bridgehead atoms. The van der Waals surface area contributed by atoms with Gasteiger partial charge in [0.2, 0.25) is 17.7 Å². The van der Waals surface area contributed by atoms with Gasteiger partial charge in [0.15, 0.2) is 0 Å². The summed E-state index contributed by atoms with van der Waals surface area (Å²) in [5.74, 6) is -0.197. The van der Waals surface area contributed by atoms with Gasteiger partial charge in [0, 0.05) is 30.7 Å². The lowest BCUT2D eigenvalue weighted by molar-refractivity contribution is -0.141. The lowest BCUT2D eigenvalue weighted by atomic mass is 10.0. The highest BCUT2D eigenvalue weighted by Gasteiger charge is 2.56. The molecule has 3 heterocycles. The number of benzene rings is 1. The molecule has 168 valence electrons. The molecule has 4 N–H and O–H groups in total. The first-order valence-corrected chi connectivity index (χ1v) is 11.2. The Morgan fingerprint density at radius 2 is 2.06 bits per heavy atom. The summed E-state index contributed by atoms with van der Waals surface area (Å²) in [7, 11) is 0. The van der Waals surface area contributed by atoms with Crippen LogP contribution in [0.4, 0.5) is 0 Å². The second kappa shape index (κ2) is 7.57. The monoisotopic (exact) mass is 436 g/mol. The first-order chi connectivity index (χ1) is 15.3. The topological polar surface area (TPSA) is 137 Å². The number of nitriles is 1. The molecule has 0 unspecified atom stereocenters. The van der Waals surface area contributed by atoms with Crippen LogP contribution in [0.25, 0.3) is 0 Å². The van der Waals surface area contributed by atoms with Crippen molar-refractivity contribution in [3.8, 4) is 6.07 Å². The number of piperidine rings is 1. The molecule has 4 aliphatic rings. The van der Waals surface area contributed by atoms with Crippen molar-refractivity contribution in [1.82, 2.24) is 14.7 Å². The van der Waals surface area contributed by atoms with Crippen molar-refractivity contribution in [1.29, 1.82) is 5.26 Å². The molecule has 4 fully saturated rings. The van der Waals surface area contributed by atoms with Crippen LogP contribution in [-0.4, -0.2) is 75.7 Å². The van der Waals surface area contributed by atoms with Crippen molar-refractivity contribution in [2.24, 2.45) is 17.4 Å². The van der Waals surface area contributed by atoms with Crippen LogP contribution in [-0.2, 0) is 9.59 Å². The molecule has 1 aromatic rings. The molecule has 1 aromatic carbocycles. The van der Waals surface area contributed by atoms with Crippen LogP contribution in [0, 0.1) is 17.2 Å². The molecule has 3 saturated heterocycles. The number of fused-ring (bicyclic) bond motifs is 3. The Labute approximate surface area is 186 Å². The van der Waals surface area contributed by atoms with Gasteiger partial charge in [-0.25, -0.2) is 0 Å². The second-order valence-corrected chi connectivity index (χ2v) is 9.57. The molecule has 0 radical (unpaired) electrons. The van der Waals surface area contributed by atoms with Crippen LogP contribution < -0.4 is 11.5 Å². The number of nitrogens with zero attached hydrogens (tertiary/aromatic N) is 4. The molecule has 0 aromatic heterocycles. The minimum Gasteiger partial charge on any atom is -0.366 e. The van der Waals surface area contributed by atoms with E-state index >= 15 is 0 Å². The summed E-state index contributed by atoms with van der Waals surface area (Å²) >= 11 is 0. The first kappa shape index (κ1) is 20.9. The first-order valence-electron chi connectivity index (χ1n) is 11.2. The van der Waals surface area contributed by atoms with E-state index < -0.39 is 11.9 Å². The number of hydrogen-bond donors (Lipinski definition) is 2. The van der Waals surface area contributed by atoms with Crippen molar-refractivity contribution in [2.75, 3.05) is 13.1 Å². The van der Waals surface area contributed by atoms with E-state index in [0.29, 0.717) is 31.0 Å². The van der Waals surface area contributed by atoms with E-state index in [0.717, 1.165) is 18.4 Å². The van der Waals surface area contributed by atoms with Crippen LogP contribution in [0.5, 0.6) is 0 Å². The van der Waals surface area contributed by atoms with E-state index in [1.165, 1.54) is 0 Å². The highest BCUT2D eigenvalue weighted by atomic mass is 16.2. The van der Waals surface area contributed by atoms with Crippen molar-refractivity contribution < 1.29 is 14.4 Å². The third kappa shape index (κ3) is 3.26. The number of hydrogen-bond acceptors (Lipinski definition) is 6. The van der Waals surface area contributed by atoms with Crippen LogP contribution >= 0.6 is 0 Å². The summed E-state index contributed by atoms with van der Waals surface area (Å²) in [4.78, 5) is 43.3. The summed E-state index contributed by atoms with van der Waals surface area (Å²) in [6.45, 7) is 2.93. The Bertz CT molecular complexity index is 1020. The van der Waals surface area contributed by atoms with Gasteiger partial charge in [-0.2, -0.15) is 5.26 Å². The van der Waals surface area contributed by atoms with E-state index in [-0.39, 0.29) is 42.0 Å². The maximum atomic E-state index is 13.2. The summed E-state index contributed by atoms with van der Waals surface area (Å²) in [5.41, 5.74) is 13.0. The van der Waals surface area contributed by atoms with Gasteiger partial charge in [0.1, 0.15) is 6.04 Å². The predicted molar refractivity (Wildman–Crippen MR) is 115 cm³/mol. The standard InChI is InChI=1S/C23H28N6O3/c1-12(13-3-2-4-14(5-13)21(26)30)28-17-8-20(23(28)32)27(10-17)11-18(25)22(31)29-16(9-24)6-15-7-19(15)29/h2-5,12,15-20H,6-8,10-11,25H2,1H3,(H2,26,30)/t12-,15-,16+,17+,18+,19+,20+/m1/s1. The Hall–Kier alpha value is -2.96. The third-order valence-electron chi connectivity index (χ3n) is 7.64. The molecule has 32 heavy (non-hydrogen) atoms. The molecule has 9 heteroatoms. The number of primary amides is 1. The molecule has 1 saturated carbocycles. The fourth-order valence-electron chi connectivity index (χ4n) is 5.92. The molecule has 0 spiro atoms. The zero-order valence-corrected chi connectivity index (χ0v) is 18.1. The number of amides is 3. The quantitative estimate of drug-likeness (QED) is 0.643. The van der Waals surface area contributed by atoms with Crippen molar-refractivity contribution in [2.45, 2.75) is 62.4 Å². The largest absolute Gasteiger partial charge is 0.366 e. The van der Waals surface area contributed by atoms with Crippen molar-refractivity contribution in [3.63, 3.8) is 0 Å². The zero-order chi connectivity index (χ0) is 22.7. The summed E-state index contributed by atoms with van der Waals surface area (Å²) in [5, 5.41) is 9.36. The third-order valence-corrected chi connectivity index (χ3v) is 7.64. The molecular formula is C23H28N6O3. The van der Waals surface area contributed by atoms with Gasteiger partial charge >= 0.3 is 0 Å². The van der Waals surface area contributed by atoms with Crippen molar-refractivity contribution >= 4 is 17.7 Å². The maximum Gasteiger partial charge on any atom is 0.248 e.